The number of carbonyl (C=O) groups is 1. The van der Waals surface area contributed by atoms with Gasteiger partial charge in [-0.1, -0.05) is 39.0 Å². The second kappa shape index (κ2) is 11.3. The lowest BCUT2D eigenvalue weighted by Gasteiger charge is -2.36. The number of likely N-dealkylation sites (N-methyl/N-ethyl adjacent to an activating group) is 1. The van der Waals surface area contributed by atoms with E-state index in [1.807, 2.05) is 37.2 Å². The van der Waals surface area contributed by atoms with Crippen molar-refractivity contribution in [2.45, 2.75) is 71.7 Å². The van der Waals surface area contributed by atoms with Crippen molar-refractivity contribution in [3.63, 3.8) is 0 Å². The molecule has 0 aliphatic heterocycles. The molecule has 0 spiro atoms. The molecule has 0 bridgehead atoms. The number of hydrogen-bond donors (Lipinski definition) is 1. The molecule has 4 aromatic rings. The van der Waals surface area contributed by atoms with Crippen molar-refractivity contribution < 1.29 is 9.22 Å². The predicted molar refractivity (Wildman–Crippen MR) is 168 cm³/mol. The quantitative estimate of drug-likeness (QED) is 0.243. The third kappa shape index (κ3) is 6.31. The first kappa shape index (κ1) is 28.8. The van der Waals surface area contributed by atoms with Crippen molar-refractivity contribution in [1.82, 2.24) is 19.9 Å². The van der Waals surface area contributed by atoms with Crippen molar-refractivity contribution in [1.29, 1.82) is 0 Å². The Kier molecular flexibility index (Phi) is 7.94. The summed E-state index contributed by atoms with van der Waals surface area (Å²) in [5, 5.41) is 5.23. The van der Waals surface area contributed by atoms with E-state index in [4.69, 9.17) is 19.4 Å². The van der Waals surface area contributed by atoms with Crippen LogP contribution in [0.5, 0.6) is 0 Å². The predicted octanol–water partition coefficient (Wildman–Crippen LogP) is 6.48. The highest BCUT2D eigenvalue weighted by Gasteiger charge is 2.37. The van der Waals surface area contributed by atoms with Crippen LogP contribution in [0.3, 0.4) is 0 Å². The largest absolute Gasteiger partial charge is 0.413 e. The zero-order valence-electron chi connectivity index (χ0n) is 25.2. The number of nitrogens with one attached hydrogen (secondary N) is 1. The molecule has 0 radical (unpaired) electrons. The van der Waals surface area contributed by atoms with Gasteiger partial charge in [-0.25, -0.2) is 9.97 Å². The van der Waals surface area contributed by atoms with E-state index in [1.165, 1.54) is 0 Å². The van der Waals surface area contributed by atoms with Crippen molar-refractivity contribution in [2.75, 3.05) is 23.8 Å². The molecule has 9 heteroatoms. The first-order valence-corrected chi connectivity index (χ1v) is 17.2. The number of fused-ring (bicyclic) bond motifs is 2. The normalized spacial score (nSPS) is 13.3. The molecule has 0 saturated heterocycles. The summed E-state index contributed by atoms with van der Waals surface area (Å²) in [6, 6.07) is 12.1. The van der Waals surface area contributed by atoms with E-state index in [1.54, 1.807) is 6.20 Å². The lowest BCUT2D eigenvalue weighted by molar-refractivity contribution is -0.114. The lowest BCUT2D eigenvalue weighted by Crippen LogP contribution is -2.40. The van der Waals surface area contributed by atoms with Crippen molar-refractivity contribution in [3.05, 3.63) is 71.3 Å². The van der Waals surface area contributed by atoms with Gasteiger partial charge in [-0.05, 0) is 73.5 Å². The summed E-state index contributed by atoms with van der Waals surface area (Å²) >= 11 is 0. The Labute approximate surface area is 243 Å². The highest BCUT2D eigenvalue weighted by Crippen LogP contribution is 2.38. The Morgan fingerprint density at radius 1 is 1.07 bits per heavy atom. The average molecular weight is 569 g/mol. The van der Waals surface area contributed by atoms with Crippen molar-refractivity contribution in [3.8, 4) is 11.5 Å². The van der Waals surface area contributed by atoms with Crippen LogP contribution in [0.25, 0.3) is 22.3 Å². The Hall–Kier alpha value is -3.69. The second-order valence-corrected chi connectivity index (χ2v) is 17.3. The summed E-state index contributed by atoms with van der Waals surface area (Å²) in [5.41, 5.74) is 5.59. The first-order valence-electron chi connectivity index (χ1n) is 14.3. The van der Waals surface area contributed by atoms with Crippen LogP contribution >= 0.6 is 0 Å². The van der Waals surface area contributed by atoms with E-state index < -0.39 is 8.32 Å². The third-order valence-corrected chi connectivity index (χ3v) is 12.8. The maximum Gasteiger partial charge on any atom is 0.243 e. The van der Waals surface area contributed by atoms with Gasteiger partial charge in [0.15, 0.2) is 14.1 Å². The van der Waals surface area contributed by atoms with Crippen LogP contribution in [0.1, 0.15) is 49.7 Å². The molecule has 0 unspecified atom stereocenters. The Morgan fingerprint density at radius 2 is 1.88 bits per heavy atom. The van der Waals surface area contributed by atoms with Gasteiger partial charge in [0.1, 0.15) is 11.5 Å². The summed E-state index contributed by atoms with van der Waals surface area (Å²) in [6.45, 7) is 14.0. The molecule has 3 heterocycles. The van der Waals surface area contributed by atoms with E-state index in [0.717, 1.165) is 64.1 Å². The number of pyridine rings is 2. The van der Waals surface area contributed by atoms with Gasteiger partial charge in [-0.3, -0.25) is 14.8 Å². The summed E-state index contributed by atoms with van der Waals surface area (Å²) < 4.78 is 6.57. The molecule has 1 amide bonds. The molecule has 8 nitrogen and oxygen atoms in total. The van der Waals surface area contributed by atoms with Gasteiger partial charge in [-0.2, -0.15) is 0 Å². The maximum absolute atomic E-state index is 12.9. The van der Waals surface area contributed by atoms with E-state index in [2.05, 4.69) is 68.4 Å². The summed E-state index contributed by atoms with van der Waals surface area (Å²) in [5.74, 6) is 1.24. The molecule has 5 rings (SSSR count). The van der Waals surface area contributed by atoms with Crippen LogP contribution in [-0.2, 0) is 28.7 Å². The molecule has 3 aromatic heterocycles. The fourth-order valence-electron chi connectivity index (χ4n) is 4.83. The smallest absolute Gasteiger partial charge is 0.243 e. The molecule has 1 aromatic carbocycles. The van der Waals surface area contributed by atoms with Crippen LogP contribution in [0, 0.1) is 6.92 Å². The van der Waals surface area contributed by atoms with Crippen LogP contribution in [0.15, 0.2) is 48.8 Å². The van der Waals surface area contributed by atoms with Crippen LogP contribution in [-0.4, -0.2) is 47.8 Å². The van der Waals surface area contributed by atoms with Gasteiger partial charge in [0.25, 0.3) is 0 Å². The zero-order valence-corrected chi connectivity index (χ0v) is 26.2. The minimum absolute atomic E-state index is 0.125. The number of aromatic nitrogens is 4. The topological polar surface area (TPSA) is 93.1 Å². The molecule has 0 atom stereocenters. The van der Waals surface area contributed by atoms with Crippen molar-refractivity contribution in [2.24, 2.45) is 0 Å². The molecule has 41 heavy (non-hydrogen) atoms. The number of hydrogen-bond acceptors (Lipinski definition) is 7. The molecule has 1 N–H and O–H groups in total. The third-order valence-electron chi connectivity index (χ3n) is 8.33. The van der Waals surface area contributed by atoms with Gasteiger partial charge >= 0.3 is 0 Å². The van der Waals surface area contributed by atoms with Crippen LogP contribution < -0.4 is 10.2 Å². The minimum Gasteiger partial charge on any atom is -0.413 e. The standard InChI is InChI=1S/C32H40N6O2Si/c1-21-14-15-24(18-33-21)35-29(39)19-38(5)31-25-12-9-13-27(25)36-30(37-31)28-16-26-22(17-34-28)10-8-11-23(26)20-40-41(6,7)32(2,3)4/h8,10-11,14-18H,9,12-13,19-20H2,1-7H3,(H,35,39). The number of nitrogens with zero attached hydrogens (tertiary/aromatic N) is 5. The molecule has 0 fully saturated rings. The minimum atomic E-state index is -1.91. The van der Waals surface area contributed by atoms with E-state index in [9.17, 15) is 4.79 Å². The number of anilines is 2. The summed E-state index contributed by atoms with van der Waals surface area (Å²) in [6.07, 6.45) is 6.38. The van der Waals surface area contributed by atoms with Crippen LogP contribution in [0.4, 0.5) is 11.5 Å². The maximum atomic E-state index is 12.9. The van der Waals surface area contributed by atoms with Gasteiger partial charge < -0.3 is 14.6 Å². The second-order valence-electron chi connectivity index (χ2n) is 12.5. The fraction of sp³-hybridized carbons (Fsp3) is 0.406. The highest BCUT2D eigenvalue weighted by molar-refractivity contribution is 6.74. The van der Waals surface area contributed by atoms with E-state index in [-0.39, 0.29) is 17.5 Å². The lowest BCUT2D eigenvalue weighted by atomic mass is 10.1. The molecule has 0 saturated carbocycles. The summed E-state index contributed by atoms with van der Waals surface area (Å²) in [7, 11) is -0.00296. The number of amides is 1. The van der Waals surface area contributed by atoms with Gasteiger partial charge in [0.05, 0.1) is 25.0 Å². The molecule has 1 aliphatic rings. The number of aryl methyl sites for hydroxylation is 2. The Bertz CT molecular complexity index is 1580. The zero-order chi connectivity index (χ0) is 29.4. The molecule has 1 aliphatic carbocycles. The number of carbonyl (C=O) groups excluding carboxylic acids is 1. The van der Waals surface area contributed by atoms with Crippen LogP contribution in [0.2, 0.25) is 18.1 Å². The number of rotatable bonds is 8. The summed E-state index contributed by atoms with van der Waals surface area (Å²) in [4.78, 5) is 33.7. The SMILES string of the molecule is Cc1ccc(NC(=O)CN(C)c2nc(-c3cc4c(CO[Si](C)(C)C(C)(C)C)cccc4cn3)nc3c2CCC3)cn1. The average Bonchev–Trinajstić information content (AvgIpc) is 3.40. The molecular formula is C32H40N6O2Si. The molecule has 214 valence electrons. The monoisotopic (exact) mass is 568 g/mol. The van der Waals surface area contributed by atoms with Gasteiger partial charge in [-0.15, -0.1) is 0 Å². The van der Waals surface area contributed by atoms with Gasteiger partial charge in [0.2, 0.25) is 5.91 Å². The fourth-order valence-corrected chi connectivity index (χ4v) is 5.78. The Morgan fingerprint density at radius 3 is 2.61 bits per heavy atom. The molecular weight excluding hydrogens is 528 g/mol. The first-order chi connectivity index (χ1) is 19.4. The Balaban J connectivity index is 1.43. The van der Waals surface area contributed by atoms with Gasteiger partial charge in [0, 0.05) is 35.6 Å². The number of benzene rings is 1. The van der Waals surface area contributed by atoms with E-state index in [0.29, 0.717) is 18.1 Å². The van der Waals surface area contributed by atoms with Crippen molar-refractivity contribution >= 4 is 36.5 Å². The van der Waals surface area contributed by atoms with E-state index >= 15 is 0 Å². The highest BCUT2D eigenvalue weighted by atomic mass is 28.4.